The van der Waals surface area contributed by atoms with Crippen molar-refractivity contribution in [3.8, 4) is 0 Å². The molecule has 7 nitrogen and oxygen atoms in total. The lowest BCUT2D eigenvalue weighted by Crippen LogP contribution is -2.69. The molecule has 0 radical (unpaired) electrons. The zero-order chi connectivity index (χ0) is 21.9. The van der Waals surface area contributed by atoms with Crippen molar-refractivity contribution < 1.29 is 19.1 Å². The Morgan fingerprint density at radius 1 is 1.13 bits per heavy atom. The van der Waals surface area contributed by atoms with Gasteiger partial charge < -0.3 is 19.9 Å². The number of nitrogens with one attached hydrogen (secondary N) is 1. The largest absolute Gasteiger partial charge is 0.444 e. The van der Waals surface area contributed by atoms with Gasteiger partial charge >= 0.3 is 6.09 Å². The van der Waals surface area contributed by atoms with Crippen molar-refractivity contribution in [3.63, 3.8) is 0 Å². The molecule has 1 unspecified atom stereocenters. The fraction of sp³-hybridized carbons (Fsp3) is 0.609. The molecule has 2 aliphatic rings. The van der Waals surface area contributed by atoms with Crippen molar-refractivity contribution in [2.75, 3.05) is 26.2 Å². The Hall–Kier alpha value is -2.57. The number of piperidine rings is 1. The summed E-state index contributed by atoms with van der Waals surface area (Å²) < 4.78 is 5.53. The van der Waals surface area contributed by atoms with Crippen LogP contribution in [0.3, 0.4) is 0 Å². The van der Waals surface area contributed by atoms with Crippen molar-refractivity contribution in [2.24, 2.45) is 0 Å². The van der Waals surface area contributed by atoms with Gasteiger partial charge in [-0.2, -0.15) is 0 Å². The predicted molar refractivity (Wildman–Crippen MR) is 114 cm³/mol. The van der Waals surface area contributed by atoms with Gasteiger partial charge in [0.1, 0.15) is 5.60 Å². The van der Waals surface area contributed by atoms with E-state index >= 15 is 0 Å². The van der Waals surface area contributed by atoms with E-state index in [-0.39, 0.29) is 23.4 Å². The van der Waals surface area contributed by atoms with E-state index in [1.165, 1.54) is 0 Å². The number of carbonyl (C=O) groups excluding carboxylic acids is 3. The van der Waals surface area contributed by atoms with Crippen LogP contribution in [-0.4, -0.2) is 65.0 Å². The van der Waals surface area contributed by atoms with Crippen LogP contribution in [-0.2, 0) is 4.74 Å². The van der Waals surface area contributed by atoms with Crippen LogP contribution in [0.25, 0.3) is 0 Å². The van der Waals surface area contributed by atoms with E-state index < -0.39 is 5.60 Å². The first kappa shape index (κ1) is 22.1. The van der Waals surface area contributed by atoms with Crippen LogP contribution in [0.2, 0.25) is 0 Å². The van der Waals surface area contributed by atoms with Crippen molar-refractivity contribution in [1.29, 1.82) is 0 Å². The highest BCUT2D eigenvalue weighted by molar-refractivity contribution is 6.00. The summed E-state index contributed by atoms with van der Waals surface area (Å²) in [6.07, 6.45) is 3.11. The first-order valence-electron chi connectivity index (χ1n) is 10.8. The van der Waals surface area contributed by atoms with Gasteiger partial charge in [0.2, 0.25) is 0 Å². The van der Waals surface area contributed by atoms with E-state index in [0.717, 1.165) is 25.7 Å². The molecule has 2 saturated heterocycles. The highest BCUT2D eigenvalue weighted by Gasteiger charge is 2.50. The Bertz CT molecular complexity index is 817. The second kappa shape index (κ2) is 8.66. The molecule has 3 rings (SSSR count). The van der Waals surface area contributed by atoms with Crippen molar-refractivity contribution >= 4 is 17.9 Å². The van der Waals surface area contributed by atoms with Crippen LogP contribution in [0, 0.1) is 0 Å². The van der Waals surface area contributed by atoms with Gasteiger partial charge in [0.15, 0.2) is 0 Å². The summed E-state index contributed by atoms with van der Waals surface area (Å²) in [6.45, 7) is 9.96. The maximum Gasteiger partial charge on any atom is 0.410 e. The number of nitrogens with zero attached hydrogens (tertiary/aromatic N) is 2. The topological polar surface area (TPSA) is 79.0 Å². The van der Waals surface area contributed by atoms with E-state index in [2.05, 4.69) is 5.32 Å². The van der Waals surface area contributed by atoms with Crippen LogP contribution in [0.1, 0.15) is 74.1 Å². The molecule has 3 amide bonds. The fourth-order valence-corrected chi connectivity index (χ4v) is 4.17. The Morgan fingerprint density at radius 2 is 1.87 bits per heavy atom. The Labute approximate surface area is 178 Å². The van der Waals surface area contributed by atoms with E-state index in [4.69, 9.17) is 4.74 Å². The molecular formula is C23H33N3O4. The van der Waals surface area contributed by atoms with E-state index in [1.54, 1.807) is 29.2 Å². The van der Waals surface area contributed by atoms with Gasteiger partial charge in [-0.05, 0) is 64.7 Å². The number of hydrogen-bond donors (Lipinski definition) is 1. The molecule has 7 heteroatoms. The number of ether oxygens (including phenoxy) is 1. The number of likely N-dealkylation sites (tertiary alicyclic amines) is 2. The minimum atomic E-state index is -0.546. The molecule has 0 saturated carbocycles. The van der Waals surface area contributed by atoms with Gasteiger partial charge in [0.25, 0.3) is 11.8 Å². The zero-order valence-corrected chi connectivity index (χ0v) is 18.5. The van der Waals surface area contributed by atoms with E-state index in [9.17, 15) is 14.4 Å². The number of benzene rings is 1. The van der Waals surface area contributed by atoms with Crippen LogP contribution in [0.4, 0.5) is 4.79 Å². The molecule has 1 atom stereocenters. The summed E-state index contributed by atoms with van der Waals surface area (Å²) in [5.74, 6) is -0.254. The van der Waals surface area contributed by atoms with Crippen molar-refractivity contribution in [2.45, 2.75) is 64.5 Å². The molecule has 164 valence electrons. The molecule has 2 aliphatic heterocycles. The standard InChI is InChI=1S/C23H33N3O4/c1-5-12-24-19(27)17-8-6-9-18(15-17)20(28)26-14-11-23(26)10-7-13-25(16-23)21(29)30-22(2,3)4/h6,8-9,15H,5,7,10-14,16H2,1-4H3,(H,24,27). The van der Waals surface area contributed by atoms with Crippen LogP contribution in [0.5, 0.6) is 0 Å². The second-order valence-corrected chi connectivity index (χ2v) is 9.27. The minimum Gasteiger partial charge on any atom is -0.444 e. The SMILES string of the molecule is CCCNC(=O)c1cccc(C(=O)N2CCC23CCCN(C(=O)OC(C)(C)C)C3)c1. The highest BCUT2D eigenvalue weighted by atomic mass is 16.6. The minimum absolute atomic E-state index is 0.0857. The summed E-state index contributed by atoms with van der Waals surface area (Å²) >= 11 is 0. The monoisotopic (exact) mass is 415 g/mol. The number of hydrogen-bond acceptors (Lipinski definition) is 4. The summed E-state index contributed by atoms with van der Waals surface area (Å²) in [5, 5.41) is 2.84. The quantitative estimate of drug-likeness (QED) is 0.817. The summed E-state index contributed by atoms with van der Waals surface area (Å²) in [6, 6.07) is 6.88. The Morgan fingerprint density at radius 3 is 2.50 bits per heavy atom. The second-order valence-electron chi connectivity index (χ2n) is 9.27. The van der Waals surface area contributed by atoms with Gasteiger partial charge in [-0.3, -0.25) is 9.59 Å². The Balaban J connectivity index is 1.72. The van der Waals surface area contributed by atoms with E-state index in [0.29, 0.717) is 37.3 Å². The van der Waals surface area contributed by atoms with Crippen molar-refractivity contribution in [3.05, 3.63) is 35.4 Å². The molecular weight excluding hydrogens is 382 g/mol. The molecule has 1 aromatic carbocycles. The highest BCUT2D eigenvalue weighted by Crippen LogP contribution is 2.40. The van der Waals surface area contributed by atoms with Crippen LogP contribution < -0.4 is 5.32 Å². The zero-order valence-electron chi connectivity index (χ0n) is 18.5. The maximum absolute atomic E-state index is 13.3. The van der Waals surface area contributed by atoms with Crippen LogP contribution in [0.15, 0.2) is 24.3 Å². The molecule has 0 aliphatic carbocycles. The number of amides is 3. The molecule has 1 aromatic rings. The third-order valence-corrected chi connectivity index (χ3v) is 5.73. The normalized spacial score (nSPS) is 21.2. The summed E-state index contributed by atoms with van der Waals surface area (Å²) in [7, 11) is 0. The molecule has 2 fully saturated rings. The molecule has 30 heavy (non-hydrogen) atoms. The van der Waals surface area contributed by atoms with Gasteiger partial charge in [-0.15, -0.1) is 0 Å². The number of rotatable bonds is 4. The third kappa shape index (κ3) is 4.77. The lowest BCUT2D eigenvalue weighted by molar-refractivity contribution is -0.0521. The molecule has 0 aromatic heterocycles. The fourth-order valence-electron chi connectivity index (χ4n) is 4.17. The Kier molecular flexibility index (Phi) is 6.38. The van der Waals surface area contributed by atoms with Gasteiger partial charge in [0, 0.05) is 37.3 Å². The first-order chi connectivity index (χ1) is 14.1. The number of carbonyl (C=O) groups is 3. The van der Waals surface area contributed by atoms with E-state index in [1.807, 2.05) is 32.6 Å². The summed E-state index contributed by atoms with van der Waals surface area (Å²) in [4.78, 5) is 41.7. The first-order valence-corrected chi connectivity index (χ1v) is 10.8. The van der Waals surface area contributed by atoms with Gasteiger partial charge in [-0.25, -0.2) is 4.79 Å². The summed E-state index contributed by atoms with van der Waals surface area (Å²) in [5.41, 5.74) is 0.109. The van der Waals surface area contributed by atoms with Crippen molar-refractivity contribution in [1.82, 2.24) is 15.1 Å². The van der Waals surface area contributed by atoms with Gasteiger partial charge in [-0.1, -0.05) is 13.0 Å². The van der Waals surface area contributed by atoms with Gasteiger partial charge in [0.05, 0.1) is 5.54 Å². The predicted octanol–water partition coefficient (Wildman–Crippen LogP) is 3.44. The molecule has 2 heterocycles. The smallest absolute Gasteiger partial charge is 0.410 e. The average molecular weight is 416 g/mol. The average Bonchev–Trinajstić information content (AvgIpc) is 2.70. The van der Waals surface area contributed by atoms with Crippen LogP contribution >= 0.6 is 0 Å². The lowest BCUT2D eigenvalue weighted by Gasteiger charge is -2.56. The molecule has 0 bridgehead atoms. The lowest BCUT2D eigenvalue weighted by atomic mass is 9.77. The third-order valence-electron chi connectivity index (χ3n) is 5.73. The molecule has 1 spiro atoms. The molecule has 1 N–H and O–H groups in total. The maximum atomic E-state index is 13.3.